The summed E-state index contributed by atoms with van der Waals surface area (Å²) < 4.78 is 7.78. The lowest BCUT2D eigenvalue weighted by Gasteiger charge is -2.36. The minimum absolute atomic E-state index is 0.197. The molecule has 106 valence electrons. The molecule has 5 heteroatoms. The molecule has 0 bridgehead atoms. The fourth-order valence-corrected chi connectivity index (χ4v) is 2.66. The molecule has 1 aliphatic rings. The van der Waals surface area contributed by atoms with Crippen LogP contribution in [-0.4, -0.2) is 45.5 Å². The maximum Gasteiger partial charge on any atom is 0.0898 e. The van der Waals surface area contributed by atoms with E-state index in [1.807, 2.05) is 35.4 Å². The molecule has 2 aromatic heterocycles. The average Bonchev–Trinajstić information content (AvgIpc) is 3.01. The van der Waals surface area contributed by atoms with Crippen molar-refractivity contribution in [3.63, 3.8) is 0 Å². The third-order valence-corrected chi connectivity index (χ3v) is 3.83. The molecule has 0 aromatic carbocycles. The fraction of sp³-hybridized carbons (Fsp3) is 0.467. The Labute approximate surface area is 119 Å². The van der Waals surface area contributed by atoms with Crippen molar-refractivity contribution in [3.05, 3.63) is 48.5 Å². The van der Waals surface area contributed by atoms with Crippen LogP contribution in [-0.2, 0) is 11.3 Å². The zero-order valence-electron chi connectivity index (χ0n) is 11.7. The van der Waals surface area contributed by atoms with Crippen molar-refractivity contribution in [2.45, 2.75) is 25.6 Å². The van der Waals surface area contributed by atoms with Gasteiger partial charge in [-0.05, 0) is 24.6 Å². The molecule has 20 heavy (non-hydrogen) atoms. The number of morpholine rings is 1. The van der Waals surface area contributed by atoms with Crippen LogP contribution in [0, 0.1) is 0 Å². The highest BCUT2D eigenvalue weighted by Gasteiger charge is 2.25. The molecule has 1 aliphatic heterocycles. The van der Waals surface area contributed by atoms with Crippen molar-refractivity contribution in [3.8, 4) is 0 Å². The van der Waals surface area contributed by atoms with Crippen molar-refractivity contribution in [2.75, 3.05) is 19.7 Å². The maximum absolute atomic E-state index is 5.85. The summed E-state index contributed by atoms with van der Waals surface area (Å²) in [6.45, 7) is 5.70. The van der Waals surface area contributed by atoms with Crippen LogP contribution in [0.25, 0.3) is 0 Å². The molecule has 0 aliphatic carbocycles. The van der Waals surface area contributed by atoms with E-state index in [2.05, 4.69) is 28.0 Å². The van der Waals surface area contributed by atoms with Crippen molar-refractivity contribution >= 4 is 0 Å². The Morgan fingerprint density at radius 2 is 2.35 bits per heavy atom. The molecule has 0 N–H and O–H groups in total. The quantitative estimate of drug-likeness (QED) is 0.850. The highest BCUT2D eigenvalue weighted by Crippen LogP contribution is 2.22. The van der Waals surface area contributed by atoms with Crippen LogP contribution in [0.15, 0.2) is 43.0 Å². The van der Waals surface area contributed by atoms with Gasteiger partial charge in [0, 0.05) is 43.9 Å². The molecule has 0 unspecified atom stereocenters. The van der Waals surface area contributed by atoms with Gasteiger partial charge in [0.25, 0.3) is 0 Å². The van der Waals surface area contributed by atoms with Crippen LogP contribution in [0.4, 0.5) is 0 Å². The van der Waals surface area contributed by atoms with Gasteiger partial charge in [0.05, 0.1) is 19.3 Å². The predicted octanol–water partition coefficient (Wildman–Crippen LogP) is 1.74. The number of aromatic nitrogens is 3. The number of nitrogens with zero attached hydrogens (tertiary/aromatic N) is 4. The first kappa shape index (κ1) is 13.3. The SMILES string of the molecule is C[C@@H](c1cccnc1)N1CCO[C@H](Cn2cccn2)C1. The normalized spacial score (nSPS) is 21.8. The lowest BCUT2D eigenvalue weighted by atomic mass is 10.1. The van der Waals surface area contributed by atoms with Crippen LogP contribution < -0.4 is 0 Å². The van der Waals surface area contributed by atoms with Gasteiger partial charge >= 0.3 is 0 Å². The summed E-state index contributed by atoms with van der Waals surface area (Å²) in [7, 11) is 0. The van der Waals surface area contributed by atoms with Gasteiger partial charge in [-0.3, -0.25) is 14.6 Å². The van der Waals surface area contributed by atoms with E-state index in [1.54, 1.807) is 6.20 Å². The van der Waals surface area contributed by atoms with Crippen molar-refractivity contribution in [1.29, 1.82) is 0 Å². The Bertz CT molecular complexity index is 514. The summed E-state index contributed by atoms with van der Waals surface area (Å²) in [5.74, 6) is 0. The van der Waals surface area contributed by atoms with E-state index in [-0.39, 0.29) is 6.10 Å². The van der Waals surface area contributed by atoms with Gasteiger partial charge in [0.2, 0.25) is 0 Å². The molecule has 1 fully saturated rings. The van der Waals surface area contributed by atoms with Gasteiger partial charge in [0.1, 0.15) is 0 Å². The number of hydrogen-bond acceptors (Lipinski definition) is 4. The first-order valence-corrected chi connectivity index (χ1v) is 7.06. The molecule has 0 amide bonds. The zero-order valence-corrected chi connectivity index (χ0v) is 11.7. The molecule has 1 saturated heterocycles. The topological polar surface area (TPSA) is 43.2 Å². The molecule has 0 saturated carbocycles. The van der Waals surface area contributed by atoms with E-state index >= 15 is 0 Å². The van der Waals surface area contributed by atoms with E-state index in [4.69, 9.17) is 4.74 Å². The Hall–Kier alpha value is -1.72. The Kier molecular flexibility index (Phi) is 4.08. The van der Waals surface area contributed by atoms with Crippen LogP contribution in [0.3, 0.4) is 0 Å². The average molecular weight is 272 g/mol. The second-order valence-corrected chi connectivity index (χ2v) is 5.18. The first-order chi connectivity index (χ1) is 9.83. The van der Waals surface area contributed by atoms with Gasteiger partial charge in [-0.1, -0.05) is 6.07 Å². The third-order valence-electron chi connectivity index (χ3n) is 3.83. The minimum Gasteiger partial charge on any atom is -0.374 e. The van der Waals surface area contributed by atoms with Crippen molar-refractivity contribution in [1.82, 2.24) is 19.7 Å². The number of rotatable bonds is 4. The summed E-state index contributed by atoms with van der Waals surface area (Å²) in [6, 6.07) is 6.44. The lowest BCUT2D eigenvalue weighted by Crippen LogP contribution is -2.45. The standard InChI is InChI=1S/C15H20N4O/c1-13(14-4-2-5-16-10-14)18-8-9-20-15(11-18)12-19-7-3-6-17-19/h2-7,10,13,15H,8-9,11-12H2,1H3/t13-,15-/m0/s1. The van der Waals surface area contributed by atoms with Crippen LogP contribution in [0.1, 0.15) is 18.5 Å². The van der Waals surface area contributed by atoms with Gasteiger partial charge in [-0.2, -0.15) is 5.10 Å². The largest absolute Gasteiger partial charge is 0.374 e. The van der Waals surface area contributed by atoms with Gasteiger partial charge in [-0.15, -0.1) is 0 Å². The van der Waals surface area contributed by atoms with Crippen molar-refractivity contribution in [2.24, 2.45) is 0 Å². The number of hydrogen-bond donors (Lipinski definition) is 0. The molecule has 0 radical (unpaired) electrons. The highest BCUT2D eigenvalue weighted by molar-refractivity contribution is 5.13. The summed E-state index contributed by atoms with van der Waals surface area (Å²) in [4.78, 5) is 6.66. The molecule has 0 spiro atoms. The van der Waals surface area contributed by atoms with E-state index in [0.717, 1.165) is 26.2 Å². The van der Waals surface area contributed by atoms with Crippen LogP contribution >= 0.6 is 0 Å². The maximum atomic E-state index is 5.85. The summed E-state index contributed by atoms with van der Waals surface area (Å²) in [5, 5.41) is 4.25. The number of ether oxygens (including phenoxy) is 1. The fourth-order valence-electron chi connectivity index (χ4n) is 2.66. The second-order valence-electron chi connectivity index (χ2n) is 5.18. The molecule has 2 atom stereocenters. The van der Waals surface area contributed by atoms with Crippen molar-refractivity contribution < 1.29 is 4.74 Å². The minimum atomic E-state index is 0.197. The Morgan fingerprint density at radius 1 is 1.40 bits per heavy atom. The Morgan fingerprint density at radius 3 is 3.10 bits per heavy atom. The monoisotopic (exact) mass is 272 g/mol. The second kappa shape index (κ2) is 6.15. The molecule has 2 aromatic rings. The van der Waals surface area contributed by atoms with E-state index < -0.39 is 0 Å². The Balaban J connectivity index is 1.63. The van der Waals surface area contributed by atoms with Crippen LogP contribution in [0.2, 0.25) is 0 Å². The molecular weight excluding hydrogens is 252 g/mol. The first-order valence-electron chi connectivity index (χ1n) is 7.06. The molecule has 5 nitrogen and oxygen atoms in total. The smallest absolute Gasteiger partial charge is 0.0898 e. The van der Waals surface area contributed by atoms with E-state index in [9.17, 15) is 0 Å². The van der Waals surface area contributed by atoms with Crippen LogP contribution in [0.5, 0.6) is 0 Å². The lowest BCUT2D eigenvalue weighted by molar-refractivity contribution is -0.0497. The van der Waals surface area contributed by atoms with Gasteiger partial charge < -0.3 is 4.74 Å². The summed E-state index contributed by atoms with van der Waals surface area (Å²) in [6.07, 6.45) is 7.74. The van der Waals surface area contributed by atoms with Gasteiger partial charge in [0.15, 0.2) is 0 Å². The summed E-state index contributed by atoms with van der Waals surface area (Å²) >= 11 is 0. The number of pyridine rings is 1. The molecule has 3 rings (SSSR count). The van der Waals surface area contributed by atoms with Gasteiger partial charge in [-0.25, -0.2) is 0 Å². The third kappa shape index (κ3) is 3.05. The molecule has 3 heterocycles. The predicted molar refractivity (Wildman–Crippen MR) is 76.2 cm³/mol. The zero-order chi connectivity index (χ0) is 13.8. The highest BCUT2D eigenvalue weighted by atomic mass is 16.5. The van der Waals surface area contributed by atoms with E-state index in [1.165, 1.54) is 5.56 Å². The summed E-state index contributed by atoms with van der Waals surface area (Å²) in [5.41, 5.74) is 1.26. The molecular formula is C15H20N4O. The van der Waals surface area contributed by atoms with E-state index in [0.29, 0.717) is 6.04 Å².